The molecule has 1 saturated heterocycles. The number of nitrogens with one attached hydrogen (secondary N) is 1. The number of hydrogen-bond donors (Lipinski definition) is 2. The zero-order valence-electron chi connectivity index (χ0n) is 12.6. The van der Waals surface area contributed by atoms with Crippen LogP contribution in [0.25, 0.3) is 0 Å². The molecule has 1 aliphatic heterocycles. The number of aliphatic hydroxyl groups is 1. The lowest BCUT2D eigenvalue weighted by atomic mass is 9.97. The predicted molar refractivity (Wildman–Crippen MR) is 85.7 cm³/mol. The fourth-order valence-electron chi connectivity index (χ4n) is 2.74. The molecule has 0 radical (unpaired) electrons. The summed E-state index contributed by atoms with van der Waals surface area (Å²) in [5.41, 5.74) is 1.64. The molecule has 1 amide bonds. The van der Waals surface area contributed by atoms with Gasteiger partial charge in [0.15, 0.2) is 0 Å². The number of carbonyl (C=O) groups is 1. The lowest BCUT2D eigenvalue weighted by molar-refractivity contribution is -0.121. The average molecular weight is 311 g/mol. The molecule has 2 atom stereocenters. The van der Waals surface area contributed by atoms with Gasteiger partial charge in [0.1, 0.15) is 0 Å². The molecule has 1 aliphatic rings. The second-order valence-corrected chi connectivity index (χ2v) is 6.17. The van der Waals surface area contributed by atoms with Gasteiger partial charge in [0.25, 0.3) is 0 Å². The van der Waals surface area contributed by atoms with Gasteiger partial charge >= 0.3 is 0 Å². The number of hydrogen-bond acceptors (Lipinski definition) is 3. The highest BCUT2D eigenvalue weighted by molar-refractivity contribution is 6.31. The van der Waals surface area contributed by atoms with E-state index in [0.717, 1.165) is 37.2 Å². The summed E-state index contributed by atoms with van der Waals surface area (Å²) in [4.78, 5) is 14.6. The van der Waals surface area contributed by atoms with Crippen LogP contribution < -0.4 is 5.32 Å². The molecule has 4 nitrogen and oxygen atoms in total. The van der Waals surface area contributed by atoms with Crippen molar-refractivity contribution in [3.05, 3.63) is 28.8 Å². The number of amides is 1. The van der Waals surface area contributed by atoms with E-state index in [9.17, 15) is 9.90 Å². The molecule has 21 heavy (non-hydrogen) atoms. The largest absolute Gasteiger partial charge is 0.396 e. The van der Waals surface area contributed by atoms with Crippen molar-refractivity contribution in [3.8, 4) is 0 Å². The minimum Gasteiger partial charge on any atom is -0.396 e. The molecular weight excluding hydrogens is 288 g/mol. The highest BCUT2D eigenvalue weighted by Crippen LogP contribution is 2.24. The molecule has 1 aromatic carbocycles. The van der Waals surface area contributed by atoms with Crippen LogP contribution in [0.15, 0.2) is 18.2 Å². The van der Waals surface area contributed by atoms with E-state index in [1.54, 1.807) is 0 Å². The van der Waals surface area contributed by atoms with Gasteiger partial charge in [-0.3, -0.25) is 9.69 Å². The van der Waals surface area contributed by atoms with Crippen LogP contribution >= 0.6 is 11.6 Å². The van der Waals surface area contributed by atoms with Crippen molar-refractivity contribution in [3.63, 3.8) is 0 Å². The first-order valence-electron chi connectivity index (χ1n) is 7.43. The average Bonchev–Trinajstić information content (AvgIpc) is 2.51. The molecule has 1 aromatic rings. The van der Waals surface area contributed by atoms with Gasteiger partial charge < -0.3 is 10.4 Å². The summed E-state index contributed by atoms with van der Waals surface area (Å²) in [5, 5.41) is 12.9. The van der Waals surface area contributed by atoms with Crippen LogP contribution in [-0.2, 0) is 4.79 Å². The van der Waals surface area contributed by atoms with Crippen molar-refractivity contribution in [1.29, 1.82) is 0 Å². The van der Waals surface area contributed by atoms with Crippen LogP contribution in [-0.4, -0.2) is 41.7 Å². The maximum Gasteiger partial charge on any atom is 0.241 e. The van der Waals surface area contributed by atoms with Crippen molar-refractivity contribution in [2.75, 3.05) is 25.0 Å². The Morgan fingerprint density at radius 1 is 1.57 bits per heavy atom. The number of halogens is 1. The Kier molecular flexibility index (Phi) is 5.62. The Labute approximate surface area is 131 Å². The zero-order chi connectivity index (χ0) is 15.4. The first kappa shape index (κ1) is 16.3. The number of likely N-dealkylation sites (tertiary alicyclic amines) is 1. The third-order valence-electron chi connectivity index (χ3n) is 4.26. The Bertz CT molecular complexity index is 507. The smallest absolute Gasteiger partial charge is 0.241 e. The first-order valence-corrected chi connectivity index (χ1v) is 7.81. The second-order valence-electron chi connectivity index (χ2n) is 5.76. The highest BCUT2D eigenvalue weighted by atomic mass is 35.5. The van der Waals surface area contributed by atoms with E-state index in [1.165, 1.54) is 0 Å². The molecule has 2 N–H and O–H groups in total. The van der Waals surface area contributed by atoms with E-state index in [1.807, 2.05) is 32.0 Å². The van der Waals surface area contributed by atoms with Gasteiger partial charge in [-0.15, -0.1) is 0 Å². The summed E-state index contributed by atoms with van der Waals surface area (Å²) < 4.78 is 0. The summed E-state index contributed by atoms with van der Waals surface area (Å²) in [6, 6.07) is 5.29. The van der Waals surface area contributed by atoms with Gasteiger partial charge in [-0.05, 0) is 56.8 Å². The van der Waals surface area contributed by atoms with E-state index < -0.39 is 0 Å². The molecule has 0 aromatic heterocycles. The van der Waals surface area contributed by atoms with Gasteiger partial charge in [0, 0.05) is 23.9 Å². The standard InChI is InChI=1S/C16H23ClN2O2/c1-11-14(17)6-3-7-15(11)18-16(21)12(2)19-8-4-5-13(9-19)10-20/h3,6-7,12-13,20H,4-5,8-10H2,1-2H3,(H,18,21). The van der Waals surface area contributed by atoms with Crippen LogP contribution in [0.1, 0.15) is 25.3 Å². The molecule has 2 unspecified atom stereocenters. The second kappa shape index (κ2) is 7.25. The molecule has 0 bridgehead atoms. The number of piperidine rings is 1. The SMILES string of the molecule is Cc1c(Cl)cccc1NC(=O)C(C)N1CCCC(CO)C1. The monoisotopic (exact) mass is 310 g/mol. The van der Waals surface area contributed by atoms with Gasteiger partial charge in [0.05, 0.1) is 6.04 Å². The minimum absolute atomic E-state index is 0.0287. The Morgan fingerprint density at radius 3 is 3.05 bits per heavy atom. The van der Waals surface area contributed by atoms with Crippen LogP contribution in [0.5, 0.6) is 0 Å². The van der Waals surface area contributed by atoms with Crippen molar-refractivity contribution in [1.82, 2.24) is 4.90 Å². The number of aliphatic hydroxyl groups excluding tert-OH is 1. The third-order valence-corrected chi connectivity index (χ3v) is 4.67. The Morgan fingerprint density at radius 2 is 2.33 bits per heavy atom. The minimum atomic E-state index is -0.210. The summed E-state index contributed by atoms with van der Waals surface area (Å²) >= 11 is 6.07. The normalized spacial score (nSPS) is 21.0. The number of rotatable bonds is 4. The van der Waals surface area contributed by atoms with Crippen molar-refractivity contribution in [2.24, 2.45) is 5.92 Å². The van der Waals surface area contributed by atoms with E-state index in [4.69, 9.17) is 11.6 Å². The molecule has 2 rings (SSSR count). The molecule has 116 valence electrons. The van der Waals surface area contributed by atoms with E-state index >= 15 is 0 Å². The van der Waals surface area contributed by atoms with Crippen molar-refractivity contribution in [2.45, 2.75) is 32.7 Å². The summed E-state index contributed by atoms with van der Waals surface area (Å²) in [6.07, 6.45) is 2.06. The summed E-state index contributed by atoms with van der Waals surface area (Å²) in [5.74, 6) is 0.251. The fraction of sp³-hybridized carbons (Fsp3) is 0.562. The van der Waals surface area contributed by atoms with E-state index in [0.29, 0.717) is 5.02 Å². The molecule has 1 heterocycles. The fourth-order valence-corrected chi connectivity index (χ4v) is 2.92. The lowest BCUT2D eigenvalue weighted by Gasteiger charge is -2.35. The van der Waals surface area contributed by atoms with Gasteiger partial charge in [0.2, 0.25) is 5.91 Å². The quantitative estimate of drug-likeness (QED) is 0.899. The van der Waals surface area contributed by atoms with Gasteiger partial charge in [-0.1, -0.05) is 17.7 Å². The molecule has 5 heteroatoms. The van der Waals surface area contributed by atoms with Crippen LogP contribution in [0.2, 0.25) is 5.02 Å². The molecular formula is C16H23ClN2O2. The van der Waals surface area contributed by atoms with Gasteiger partial charge in [-0.2, -0.15) is 0 Å². The number of benzene rings is 1. The summed E-state index contributed by atoms with van der Waals surface area (Å²) in [7, 11) is 0. The molecule has 0 spiro atoms. The predicted octanol–water partition coefficient (Wildman–Crippen LogP) is 2.68. The van der Waals surface area contributed by atoms with E-state index in [-0.39, 0.29) is 24.5 Å². The number of carbonyl (C=O) groups excluding carboxylic acids is 1. The van der Waals surface area contributed by atoms with Gasteiger partial charge in [-0.25, -0.2) is 0 Å². The lowest BCUT2D eigenvalue weighted by Crippen LogP contribution is -2.47. The summed E-state index contributed by atoms with van der Waals surface area (Å²) in [6.45, 7) is 5.68. The molecule has 1 fully saturated rings. The van der Waals surface area contributed by atoms with Crippen LogP contribution in [0.3, 0.4) is 0 Å². The molecule has 0 saturated carbocycles. The topological polar surface area (TPSA) is 52.6 Å². The number of anilines is 1. The van der Waals surface area contributed by atoms with E-state index in [2.05, 4.69) is 10.2 Å². The third kappa shape index (κ3) is 3.96. The van der Waals surface area contributed by atoms with Crippen molar-refractivity contribution >= 4 is 23.2 Å². The maximum atomic E-state index is 12.4. The Balaban J connectivity index is 2.00. The Hall–Kier alpha value is -1.10. The van der Waals surface area contributed by atoms with Crippen LogP contribution in [0.4, 0.5) is 5.69 Å². The first-order chi connectivity index (χ1) is 10.0. The van der Waals surface area contributed by atoms with Crippen molar-refractivity contribution < 1.29 is 9.90 Å². The van der Waals surface area contributed by atoms with Crippen LogP contribution in [0, 0.1) is 12.8 Å². The highest BCUT2D eigenvalue weighted by Gasteiger charge is 2.27. The number of nitrogens with zero attached hydrogens (tertiary/aromatic N) is 1. The maximum absolute atomic E-state index is 12.4. The molecule has 0 aliphatic carbocycles. The zero-order valence-corrected chi connectivity index (χ0v) is 13.4.